The number of carboxylic acids is 2. The Bertz CT molecular complexity index is 410. The van der Waals surface area contributed by atoms with Crippen molar-refractivity contribution in [2.75, 3.05) is 0 Å². The quantitative estimate of drug-likeness (QED) is 0.267. The van der Waals surface area contributed by atoms with Crippen LogP contribution in [0.2, 0.25) is 0 Å². The van der Waals surface area contributed by atoms with Crippen LogP contribution in [0.4, 0.5) is 0 Å². The van der Waals surface area contributed by atoms with Gasteiger partial charge in [-0.3, -0.25) is 14.4 Å². The van der Waals surface area contributed by atoms with Gasteiger partial charge in [-0.25, -0.2) is 0 Å². The summed E-state index contributed by atoms with van der Waals surface area (Å²) < 4.78 is 0. The third kappa shape index (κ3) is 11.1. The highest BCUT2D eigenvalue weighted by atomic mass is 16.4. The number of Topliss-reactive ketones (excluding diaryl/α,β-unsaturated/α-hetero) is 1. The summed E-state index contributed by atoms with van der Waals surface area (Å²) in [5, 5.41) is 16.9. The molecule has 0 aromatic heterocycles. The smallest absolute Gasteiger partial charge is 0.321 e. The molecule has 1 saturated carbocycles. The topological polar surface area (TPSA) is 91.7 Å². The highest BCUT2D eigenvalue weighted by Gasteiger charge is 2.51. The lowest BCUT2D eigenvalue weighted by Crippen LogP contribution is -2.44. The maximum Gasteiger partial charge on any atom is 0.321 e. The molecule has 0 heterocycles. The Kier molecular flexibility index (Phi) is 14.8. The van der Waals surface area contributed by atoms with Crippen LogP contribution in [0.15, 0.2) is 0 Å². The van der Waals surface area contributed by atoms with Crippen molar-refractivity contribution in [1.82, 2.24) is 0 Å². The van der Waals surface area contributed by atoms with E-state index in [2.05, 4.69) is 6.92 Å². The van der Waals surface area contributed by atoms with E-state index in [1.807, 2.05) is 6.92 Å². The normalized spacial score (nSPS) is 14.6. The molecule has 0 bridgehead atoms. The summed E-state index contributed by atoms with van der Waals surface area (Å²) in [6, 6.07) is 0. The maximum absolute atomic E-state index is 11.1. The first-order valence-electron chi connectivity index (χ1n) is 10.9. The molecule has 158 valence electrons. The van der Waals surface area contributed by atoms with Crippen LogP contribution >= 0.6 is 0 Å². The molecule has 1 aliphatic rings. The van der Waals surface area contributed by atoms with E-state index in [0.29, 0.717) is 12.2 Å². The van der Waals surface area contributed by atoms with Gasteiger partial charge in [0, 0.05) is 12.8 Å². The molecule has 0 aliphatic heterocycles. The van der Waals surface area contributed by atoms with E-state index >= 15 is 0 Å². The van der Waals surface area contributed by atoms with Crippen LogP contribution < -0.4 is 0 Å². The number of carboxylic acid groups (broad SMARTS) is 2. The molecule has 0 spiro atoms. The van der Waals surface area contributed by atoms with Gasteiger partial charge in [0.15, 0.2) is 5.41 Å². The molecule has 0 aromatic carbocycles. The number of ketones is 1. The summed E-state index contributed by atoms with van der Waals surface area (Å²) in [6.07, 6.45) is 17.7. The fourth-order valence-electron chi connectivity index (χ4n) is 3.21. The second-order valence-electron chi connectivity index (χ2n) is 7.72. The zero-order chi connectivity index (χ0) is 20.5. The number of carbonyl (C=O) groups excluding carboxylic acids is 1. The van der Waals surface area contributed by atoms with Crippen LogP contribution in [-0.4, -0.2) is 27.9 Å². The summed E-state index contributed by atoms with van der Waals surface area (Å²) in [7, 11) is 0. The van der Waals surface area contributed by atoms with E-state index in [1.54, 1.807) is 0 Å². The average Bonchev–Trinajstić information content (AvgIpc) is 2.58. The standard InChI is InChI=1S/C16H32O.C6H8O4/c1-3-5-6-7-8-9-10-11-12-13-14-15-16(17)4-2;7-4(8)6(5(9)10)2-1-3-6/h3-15H2,1-2H3;1-3H2,(H,7,8)(H,9,10). The number of carbonyl (C=O) groups is 3. The molecule has 0 aromatic rings. The summed E-state index contributed by atoms with van der Waals surface area (Å²) in [6.45, 7) is 4.23. The van der Waals surface area contributed by atoms with Gasteiger partial charge in [0.1, 0.15) is 5.78 Å². The number of rotatable bonds is 15. The average molecular weight is 385 g/mol. The van der Waals surface area contributed by atoms with Gasteiger partial charge in [-0.2, -0.15) is 0 Å². The monoisotopic (exact) mass is 384 g/mol. The van der Waals surface area contributed by atoms with Gasteiger partial charge < -0.3 is 10.2 Å². The lowest BCUT2D eigenvalue weighted by molar-refractivity contribution is -0.171. The summed E-state index contributed by atoms with van der Waals surface area (Å²) >= 11 is 0. The fraction of sp³-hybridized carbons (Fsp3) is 0.864. The molecule has 0 saturated heterocycles. The molecule has 0 amide bonds. The number of hydrogen-bond donors (Lipinski definition) is 2. The number of aliphatic carboxylic acids is 2. The molecule has 0 unspecified atom stereocenters. The van der Waals surface area contributed by atoms with Crippen LogP contribution in [0.3, 0.4) is 0 Å². The zero-order valence-corrected chi connectivity index (χ0v) is 17.4. The van der Waals surface area contributed by atoms with Crippen LogP contribution in [0.5, 0.6) is 0 Å². The Morgan fingerprint density at radius 2 is 1.11 bits per heavy atom. The fourth-order valence-corrected chi connectivity index (χ4v) is 3.21. The van der Waals surface area contributed by atoms with Gasteiger partial charge in [-0.05, 0) is 25.7 Å². The zero-order valence-electron chi connectivity index (χ0n) is 17.4. The second kappa shape index (κ2) is 15.6. The van der Waals surface area contributed by atoms with Crippen molar-refractivity contribution in [3.05, 3.63) is 0 Å². The first kappa shape index (κ1) is 25.6. The van der Waals surface area contributed by atoms with E-state index < -0.39 is 17.4 Å². The molecule has 5 heteroatoms. The SMILES string of the molecule is CCCCCCCCCCCCCC(=O)CC.O=C(O)C1(C(=O)O)CCC1. The summed E-state index contributed by atoms with van der Waals surface area (Å²) in [5.74, 6) is -1.97. The molecule has 5 nitrogen and oxygen atoms in total. The Balaban J connectivity index is 0.000000569. The van der Waals surface area contributed by atoms with Gasteiger partial charge in [-0.1, -0.05) is 78.1 Å². The molecule has 27 heavy (non-hydrogen) atoms. The van der Waals surface area contributed by atoms with E-state index in [1.165, 1.54) is 64.2 Å². The minimum absolute atomic E-state index is 0.275. The molecular weight excluding hydrogens is 344 g/mol. The van der Waals surface area contributed by atoms with Crippen molar-refractivity contribution in [3.63, 3.8) is 0 Å². The highest BCUT2D eigenvalue weighted by Crippen LogP contribution is 2.41. The predicted octanol–water partition coefficient (Wildman–Crippen LogP) is 5.99. The van der Waals surface area contributed by atoms with Crippen LogP contribution in [-0.2, 0) is 14.4 Å². The molecule has 1 aliphatic carbocycles. The van der Waals surface area contributed by atoms with Crippen molar-refractivity contribution in [2.24, 2.45) is 5.41 Å². The molecular formula is C22H40O5. The second-order valence-corrected chi connectivity index (χ2v) is 7.72. The highest BCUT2D eigenvalue weighted by molar-refractivity contribution is 5.99. The van der Waals surface area contributed by atoms with Crippen LogP contribution in [0, 0.1) is 5.41 Å². The Morgan fingerprint density at radius 1 is 0.704 bits per heavy atom. The number of hydrogen-bond acceptors (Lipinski definition) is 3. The van der Waals surface area contributed by atoms with E-state index in [-0.39, 0.29) is 12.8 Å². The molecule has 1 fully saturated rings. The van der Waals surface area contributed by atoms with Gasteiger partial charge in [0.25, 0.3) is 0 Å². The number of unbranched alkanes of at least 4 members (excludes halogenated alkanes) is 10. The molecule has 2 N–H and O–H groups in total. The third-order valence-corrected chi connectivity index (χ3v) is 5.48. The van der Waals surface area contributed by atoms with Crippen molar-refractivity contribution >= 4 is 17.7 Å². The third-order valence-electron chi connectivity index (χ3n) is 5.48. The first-order valence-corrected chi connectivity index (χ1v) is 10.9. The molecule has 0 radical (unpaired) electrons. The van der Waals surface area contributed by atoms with E-state index in [4.69, 9.17) is 10.2 Å². The lowest BCUT2D eigenvalue weighted by Gasteiger charge is -2.32. The van der Waals surface area contributed by atoms with Gasteiger partial charge in [0.05, 0.1) is 0 Å². The predicted molar refractivity (Wildman–Crippen MR) is 108 cm³/mol. The Morgan fingerprint density at radius 3 is 1.37 bits per heavy atom. The van der Waals surface area contributed by atoms with Gasteiger partial charge in [0.2, 0.25) is 0 Å². The van der Waals surface area contributed by atoms with Crippen molar-refractivity contribution in [1.29, 1.82) is 0 Å². The maximum atomic E-state index is 11.1. The molecule has 1 rings (SSSR count). The van der Waals surface area contributed by atoms with E-state index in [0.717, 1.165) is 19.3 Å². The van der Waals surface area contributed by atoms with Gasteiger partial charge in [-0.15, -0.1) is 0 Å². The minimum Gasteiger partial charge on any atom is -0.480 e. The first-order chi connectivity index (χ1) is 12.9. The van der Waals surface area contributed by atoms with Crippen molar-refractivity contribution < 1.29 is 24.6 Å². The van der Waals surface area contributed by atoms with E-state index in [9.17, 15) is 14.4 Å². The summed E-state index contributed by atoms with van der Waals surface area (Å²) in [4.78, 5) is 31.8. The minimum atomic E-state index is -1.44. The Labute approximate surface area is 164 Å². The van der Waals surface area contributed by atoms with Crippen LogP contribution in [0.1, 0.15) is 117 Å². The van der Waals surface area contributed by atoms with Crippen molar-refractivity contribution in [3.8, 4) is 0 Å². The summed E-state index contributed by atoms with van der Waals surface area (Å²) in [5.41, 5.74) is -1.44. The Hall–Kier alpha value is -1.39. The largest absolute Gasteiger partial charge is 0.480 e. The van der Waals surface area contributed by atoms with Crippen molar-refractivity contribution in [2.45, 2.75) is 117 Å². The molecule has 0 atom stereocenters. The van der Waals surface area contributed by atoms with Crippen LogP contribution in [0.25, 0.3) is 0 Å². The lowest BCUT2D eigenvalue weighted by atomic mass is 9.69. The van der Waals surface area contributed by atoms with Gasteiger partial charge >= 0.3 is 11.9 Å².